The number of thiazole rings is 1. The fraction of sp³-hybridized carbons (Fsp3) is 0.444. The highest BCUT2D eigenvalue weighted by Crippen LogP contribution is 1.94. The molecule has 0 aliphatic heterocycles. The van der Waals surface area contributed by atoms with Crippen LogP contribution < -0.4 is 15.5 Å². The van der Waals surface area contributed by atoms with Gasteiger partial charge in [-0.25, -0.2) is 9.59 Å². The van der Waals surface area contributed by atoms with E-state index in [4.69, 9.17) is 10.2 Å². The van der Waals surface area contributed by atoms with Crippen molar-refractivity contribution in [1.29, 1.82) is 0 Å². The van der Waals surface area contributed by atoms with Gasteiger partial charge in [0.2, 0.25) is 0 Å². The van der Waals surface area contributed by atoms with Crippen LogP contribution in [-0.2, 0) is 11.3 Å². The summed E-state index contributed by atoms with van der Waals surface area (Å²) in [6.07, 6.45) is -1.56. The summed E-state index contributed by atoms with van der Waals surface area (Å²) in [5.74, 6) is -1.33. The lowest BCUT2D eigenvalue weighted by Gasteiger charge is -2.08. The maximum absolute atomic E-state index is 11.2. The Hall–Kier alpha value is -1.87. The summed E-state index contributed by atoms with van der Waals surface area (Å²) in [5, 5.41) is 23.8. The monoisotopic (exact) mass is 275 g/mol. The van der Waals surface area contributed by atoms with Gasteiger partial charge in [-0.15, -0.1) is 0 Å². The summed E-state index contributed by atoms with van der Waals surface area (Å²) in [6.45, 7) is 0.214. The summed E-state index contributed by atoms with van der Waals surface area (Å²) in [6, 6.07) is -0.500. The number of aliphatic carboxylic acids is 1. The van der Waals surface area contributed by atoms with Gasteiger partial charge >= 0.3 is 16.9 Å². The first-order valence-corrected chi connectivity index (χ1v) is 5.96. The van der Waals surface area contributed by atoms with Gasteiger partial charge in [0.15, 0.2) is 6.10 Å². The number of carbonyl (C=O) groups is 2. The van der Waals surface area contributed by atoms with Gasteiger partial charge in [0.25, 0.3) is 0 Å². The van der Waals surface area contributed by atoms with Crippen molar-refractivity contribution in [2.45, 2.75) is 19.1 Å². The van der Waals surface area contributed by atoms with Crippen molar-refractivity contribution in [3.05, 3.63) is 20.7 Å². The Morgan fingerprint density at radius 3 is 2.72 bits per heavy atom. The minimum Gasteiger partial charge on any atom is -0.479 e. The predicted molar refractivity (Wildman–Crippen MR) is 63.4 cm³/mol. The molecule has 0 fully saturated rings. The fourth-order valence-corrected chi connectivity index (χ4v) is 1.67. The minimum absolute atomic E-state index is 0.0411. The van der Waals surface area contributed by atoms with E-state index in [0.717, 1.165) is 11.3 Å². The van der Waals surface area contributed by atoms with Crippen LogP contribution in [0.2, 0.25) is 0 Å². The number of amides is 2. The second kappa shape index (κ2) is 6.77. The molecule has 0 radical (unpaired) electrons. The Morgan fingerprint density at radius 2 is 2.17 bits per heavy atom. The summed E-state index contributed by atoms with van der Waals surface area (Å²) < 4.78 is 0. The molecule has 100 valence electrons. The third-order valence-corrected chi connectivity index (χ3v) is 2.72. The molecule has 8 nitrogen and oxygen atoms in total. The zero-order chi connectivity index (χ0) is 13.5. The number of aliphatic hydroxyl groups is 1. The Morgan fingerprint density at radius 1 is 1.44 bits per heavy atom. The van der Waals surface area contributed by atoms with Gasteiger partial charge in [0.1, 0.15) is 0 Å². The van der Waals surface area contributed by atoms with Gasteiger partial charge in [0, 0.05) is 24.0 Å². The molecule has 2 amide bonds. The number of carbonyl (C=O) groups excluding carboxylic acids is 1. The van der Waals surface area contributed by atoms with E-state index in [9.17, 15) is 14.4 Å². The predicted octanol–water partition coefficient (Wildman–Crippen LogP) is -0.929. The Bertz CT molecular complexity index is 469. The van der Waals surface area contributed by atoms with Crippen LogP contribution in [0.15, 0.2) is 10.2 Å². The van der Waals surface area contributed by atoms with Crippen LogP contribution >= 0.6 is 11.3 Å². The molecule has 0 aliphatic rings. The maximum atomic E-state index is 11.2. The van der Waals surface area contributed by atoms with Crippen molar-refractivity contribution >= 4 is 23.3 Å². The third kappa shape index (κ3) is 4.97. The summed E-state index contributed by atoms with van der Waals surface area (Å²) in [5.41, 5.74) is 0.589. The van der Waals surface area contributed by atoms with Gasteiger partial charge in [-0.2, -0.15) is 0 Å². The highest BCUT2D eigenvalue weighted by Gasteiger charge is 2.12. The Labute approximate surface area is 106 Å². The van der Waals surface area contributed by atoms with Crippen molar-refractivity contribution in [3.63, 3.8) is 0 Å². The number of carboxylic acid groups (broad SMARTS) is 1. The van der Waals surface area contributed by atoms with E-state index < -0.39 is 18.1 Å². The molecule has 0 bridgehead atoms. The van der Waals surface area contributed by atoms with Crippen molar-refractivity contribution < 1.29 is 19.8 Å². The SMILES string of the molecule is O=C(NCC[C@H](O)C(=O)O)NCc1csc(=O)[nH]1. The van der Waals surface area contributed by atoms with E-state index in [2.05, 4.69) is 15.6 Å². The smallest absolute Gasteiger partial charge is 0.332 e. The quantitative estimate of drug-likeness (QED) is 0.457. The second-order valence-corrected chi connectivity index (χ2v) is 4.27. The molecule has 0 saturated carbocycles. The van der Waals surface area contributed by atoms with Gasteiger partial charge < -0.3 is 25.8 Å². The van der Waals surface area contributed by atoms with Crippen LogP contribution in [0.4, 0.5) is 4.79 Å². The van der Waals surface area contributed by atoms with E-state index in [0.29, 0.717) is 5.69 Å². The Kier molecular flexibility index (Phi) is 5.33. The van der Waals surface area contributed by atoms with Gasteiger partial charge in [-0.1, -0.05) is 11.3 Å². The molecule has 1 rings (SSSR count). The van der Waals surface area contributed by atoms with Crippen molar-refractivity contribution in [2.75, 3.05) is 6.54 Å². The largest absolute Gasteiger partial charge is 0.479 e. The van der Waals surface area contributed by atoms with Crippen LogP contribution in [0, 0.1) is 0 Å². The standard InChI is InChI=1S/C9H13N3O5S/c13-6(7(14)15)1-2-10-8(16)11-3-5-4-18-9(17)12-5/h4,6,13H,1-3H2,(H,12,17)(H,14,15)(H2,10,11,16)/t6-/m0/s1. The second-order valence-electron chi connectivity index (χ2n) is 3.43. The number of H-pyrrole nitrogens is 1. The maximum Gasteiger partial charge on any atom is 0.332 e. The molecule has 0 spiro atoms. The van der Waals surface area contributed by atoms with Crippen molar-refractivity contribution in [3.8, 4) is 0 Å². The highest BCUT2D eigenvalue weighted by atomic mass is 32.1. The molecule has 9 heteroatoms. The number of carboxylic acids is 1. The zero-order valence-electron chi connectivity index (χ0n) is 9.30. The number of nitrogens with one attached hydrogen (secondary N) is 3. The fourth-order valence-electron chi connectivity index (χ4n) is 1.08. The van der Waals surface area contributed by atoms with Crippen molar-refractivity contribution in [2.24, 2.45) is 0 Å². The zero-order valence-corrected chi connectivity index (χ0v) is 10.1. The van der Waals surface area contributed by atoms with E-state index >= 15 is 0 Å². The van der Waals surface area contributed by atoms with Gasteiger partial charge in [-0.05, 0) is 0 Å². The molecular weight excluding hydrogens is 262 g/mol. The number of hydrogen-bond donors (Lipinski definition) is 5. The molecular formula is C9H13N3O5S. The average Bonchev–Trinajstić information content (AvgIpc) is 2.72. The molecule has 18 heavy (non-hydrogen) atoms. The third-order valence-electron chi connectivity index (χ3n) is 2.00. The molecule has 0 unspecified atom stereocenters. The average molecular weight is 275 g/mol. The number of hydrogen-bond acceptors (Lipinski definition) is 5. The number of aromatic nitrogens is 1. The molecule has 1 aromatic heterocycles. The normalized spacial score (nSPS) is 11.8. The number of aromatic amines is 1. The highest BCUT2D eigenvalue weighted by molar-refractivity contribution is 7.07. The lowest BCUT2D eigenvalue weighted by atomic mass is 10.2. The number of urea groups is 1. The van der Waals surface area contributed by atoms with E-state index in [1.807, 2.05) is 0 Å². The van der Waals surface area contributed by atoms with Gasteiger partial charge in [0.05, 0.1) is 6.54 Å². The molecule has 1 heterocycles. The van der Waals surface area contributed by atoms with Crippen LogP contribution in [0.25, 0.3) is 0 Å². The first-order valence-electron chi connectivity index (χ1n) is 5.08. The topological polar surface area (TPSA) is 132 Å². The van der Waals surface area contributed by atoms with Crippen molar-refractivity contribution in [1.82, 2.24) is 15.6 Å². The van der Waals surface area contributed by atoms with Crippen LogP contribution in [0.1, 0.15) is 12.1 Å². The minimum atomic E-state index is -1.49. The molecule has 0 aromatic carbocycles. The Balaban J connectivity index is 2.18. The summed E-state index contributed by atoms with van der Waals surface area (Å²) >= 11 is 1.000. The number of aliphatic hydroxyl groups excluding tert-OH is 1. The molecule has 0 aliphatic carbocycles. The molecule has 5 N–H and O–H groups in total. The van der Waals surface area contributed by atoms with E-state index in [-0.39, 0.29) is 24.4 Å². The summed E-state index contributed by atoms with van der Waals surface area (Å²) in [7, 11) is 0. The lowest BCUT2D eigenvalue weighted by Crippen LogP contribution is -2.37. The van der Waals surface area contributed by atoms with Crippen LogP contribution in [0.5, 0.6) is 0 Å². The summed E-state index contributed by atoms with van der Waals surface area (Å²) in [4.78, 5) is 34.6. The molecule has 1 aromatic rings. The molecule has 1 atom stereocenters. The van der Waals surface area contributed by atoms with Gasteiger partial charge in [-0.3, -0.25) is 4.79 Å². The molecule has 0 saturated heterocycles. The number of rotatable bonds is 6. The lowest BCUT2D eigenvalue weighted by molar-refractivity contribution is -0.146. The van der Waals surface area contributed by atoms with E-state index in [1.165, 1.54) is 0 Å². The first kappa shape index (κ1) is 14.2. The first-order chi connectivity index (χ1) is 8.49. The van der Waals surface area contributed by atoms with Crippen LogP contribution in [-0.4, -0.2) is 39.8 Å². The van der Waals surface area contributed by atoms with Crippen LogP contribution in [0.3, 0.4) is 0 Å². The van der Waals surface area contributed by atoms with E-state index in [1.54, 1.807) is 5.38 Å².